The van der Waals surface area contributed by atoms with Crippen LogP contribution >= 0.6 is 11.8 Å². The van der Waals surface area contributed by atoms with Gasteiger partial charge >= 0.3 is 0 Å². The van der Waals surface area contributed by atoms with Crippen molar-refractivity contribution in [3.8, 4) is 11.4 Å². The second-order valence-corrected chi connectivity index (χ2v) is 7.51. The molecule has 0 spiro atoms. The van der Waals surface area contributed by atoms with E-state index in [9.17, 15) is 9.59 Å². The van der Waals surface area contributed by atoms with Crippen molar-refractivity contribution in [3.05, 3.63) is 83.0 Å². The van der Waals surface area contributed by atoms with E-state index >= 15 is 0 Å². The number of hydrogen-bond donors (Lipinski definition) is 1. The lowest BCUT2D eigenvalue weighted by Gasteiger charge is -2.07. The smallest absolute Gasteiger partial charge is 0.295 e. The van der Waals surface area contributed by atoms with Crippen LogP contribution in [0.15, 0.2) is 76.9 Å². The van der Waals surface area contributed by atoms with Crippen LogP contribution in [0.3, 0.4) is 0 Å². The van der Waals surface area contributed by atoms with Gasteiger partial charge in [-0.15, -0.1) is 0 Å². The van der Waals surface area contributed by atoms with Crippen LogP contribution in [0.25, 0.3) is 11.4 Å². The minimum absolute atomic E-state index is 0.102. The minimum atomic E-state index is -0.284. The third-order valence-electron chi connectivity index (χ3n) is 4.67. The minimum Gasteiger partial charge on any atom is -0.319 e. The number of nitrogens with zero attached hydrogens (tertiary/aromatic N) is 5. The average Bonchev–Trinajstić information content (AvgIpc) is 3.32. The van der Waals surface area contributed by atoms with Gasteiger partial charge < -0.3 is 5.32 Å². The van der Waals surface area contributed by atoms with Gasteiger partial charge in [0.1, 0.15) is 12.0 Å². The van der Waals surface area contributed by atoms with E-state index < -0.39 is 0 Å². The molecule has 0 aliphatic heterocycles. The Bertz CT molecular complexity index is 1230. The summed E-state index contributed by atoms with van der Waals surface area (Å²) in [6.45, 7) is 1.80. The standard InChI is InChI=1S/C21H20N6O2S/c1-15-19(20(29)27(25(15)2)17-11-7-4-8-12-17)24-18(28)13-30-21-22-14-23-26(21)16-9-5-3-6-10-16/h3-12,14H,13H2,1-2H3,(H,24,28). The highest BCUT2D eigenvalue weighted by Crippen LogP contribution is 2.19. The molecule has 0 fully saturated rings. The van der Waals surface area contributed by atoms with Crippen molar-refractivity contribution in [3.63, 3.8) is 0 Å². The van der Waals surface area contributed by atoms with Crippen LogP contribution in [0.1, 0.15) is 5.69 Å². The van der Waals surface area contributed by atoms with Crippen molar-refractivity contribution >= 4 is 23.4 Å². The van der Waals surface area contributed by atoms with E-state index in [1.165, 1.54) is 22.8 Å². The first-order valence-corrected chi connectivity index (χ1v) is 10.3. The van der Waals surface area contributed by atoms with E-state index in [1.807, 2.05) is 60.7 Å². The Hall–Kier alpha value is -3.59. The summed E-state index contributed by atoms with van der Waals surface area (Å²) in [5, 5.41) is 7.58. The zero-order valence-electron chi connectivity index (χ0n) is 16.5. The molecule has 0 atom stereocenters. The van der Waals surface area contributed by atoms with Crippen molar-refractivity contribution in [1.29, 1.82) is 0 Å². The largest absolute Gasteiger partial charge is 0.319 e. The summed E-state index contributed by atoms with van der Waals surface area (Å²) < 4.78 is 4.94. The quantitative estimate of drug-likeness (QED) is 0.485. The Labute approximate surface area is 177 Å². The molecule has 152 valence electrons. The molecule has 1 amide bonds. The van der Waals surface area contributed by atoms with Crippen molar-refractivity contribution < 1.29 is 4.79 Å². The first-order valence-electron chi connectivity index (χ1n) is 9.28. The molecule has 2 heterocycles. The molecule has 2 aromatic heterocycles. The number of para-hydroxylation sites is 2. The molecule has 0 saturated carbocycles. The molecule has 2 aromatic carbocycles. The summed E-state index contributed by atoms with van der Waals surface area (Å²) in [4.78, 5) is 29.7. The van der Waals surface area contributed by atoms with Crippen molar-refractivity contribution in [2.24, 2.45) is 7.05 Å². The number of anilines is 1. The summed E-state index contributed by atoms with van der Waals surface area (Å²) in [5.74, 6) is -0.182. The Morgan fingerprint density at radius 1 is 1.03 bits per heavy atom. The van der Waals surface area contributed by atoms with Gasteiger partial charge in [0.2, 0.25) is 5.91 Å². The van der Waals surface area contributed by atoms with Crippen molar-refractivity contribution in [2.45, 2.75) is 12.1 Å². The number of amides is 1. The molecular formula is C21H20N6O2S. The normalized spacial score (nSPS) is 10.9. The third kappa shape index (κ3) is 3.79. The SMILES string of the molecule is Cc1c(NC(=O)CSc2ncnn2-c2ccccc2)c(=O)n(-c2ccccc2)n1C. The van der Waals surface area contributed by atoms with Crippen molar-refractivity contribution in [2.75, 3.05) is 11.1 Å². The van der Waals surface area contributed by atoms with Gasteiger partial charge in [0.05, 0.1) is 22.8 Å². The first-order chi connectivity index (χ1) is 14.6. The third-order valence-corrected chi connectivity index (χ3v) is 5.61. The highest BCUT2D eigenvalue weighted by Gasteiger charge is 2.18. The number of carbonyl (C=O) groups excluding carboxylic acids is 1. The summed E-state index contributed by atoms with van der Waals surface area (Å²) in [6, 6.07) is 18.9. The molecule has 30 heavy (non-hydrogen) atoms. The second kappa shape index (κ2) is 8.42. The van der Waals surface area contributed by atoms with Gasteiger partial charge in [-0.05, 0) is 31.2 Å². The summed E-state index contributed by atoms with van der Waals surface area (Å²) in [6.07, 6.45) is 1.45. The van der Waals surface area contributed by atoms with Crippen molar-refractivity contribution in [1.82, 2.24) is 24.1 Å². The molecule has 0 aliphatic carbocycles. The maximum atomic E-state index is 12.9. The Morgan fingerprint density at radius 2 is 1.67 bits per heavy atom. The molecule has 1 N–H and O–H groups in total. The monoisotopic (exact) mass is 420 g/mol. The Morgan fingerprint density at radius 3 is 2.33 bits per heavy atom. The molecule has 4 rings (SSSR count). The highest BCUT2D eigenvalue weighted by molar-refractivity contribution is 7.99. The zero-order valence-corrected chi connectivity index (χ0v) is 17.3. The predicted octanol–water partition coefficient (Wildman–Crippen LogP) is 2.80. The number of hydrogen-bond acceptors (Lipinski definition) is 5. The topological polar surface area (TPSA) is 86.7 Å². The van der Waals surface area contributed by atoms with Gasteiger partial charge in [-0.1, -0.05) is 48.2 Å². The van der Waals surface area contributed by atoms with E-state index in [4.69, 9.17) is 0 Å². The second-order valence-electron chi connectivity index (χ2n) is 6.56. The van der Waals surface area contributed by atoms with Crippen LogP contribution < -0.4 is 10.9 Å². The number of nitrogens with one attached hydrogen (secondary N) is 1. The first kappa shape index (κ1) is 19.7. The van der Waals surface area contributed by atoms with E-state index in [2.05, 4.69) is 15.4 Å². The van der Waals surface area contributed by atoms with Gasteiger partial charge in [-0.2, -0.15) is 5.10 Å². The summed E-state index contributed by atoms with van der Waals surface area (Å²) >= 11 is 1.26. The van der Waals surface area contributed by atoms with Crippen LogP contribution in [0.5, 0.6) is 0 Å². The maximum Gasteiger partial charge on any atom is 0.295 e. The summed E-state index contributed by atoms with van der Waals surface area (Å²) in [7, 11) is 1.79. The van der Waals surface area contributed by atoms with E-state index in [0.717, 1.165) is 11.4 Å². The molecule has 8 nitrogen and oxygen atoms in total. The van der Waals surface area contributed by atoms with Gasteiger partial charge in [-0.3, -0.25) is 14.3 Å². The van der Waals surface area contributed by atoms with Gasteiger partial charge in [0.25, 0.3) is 5.56 Å². The number of aromatic nitrogens is 5. The maximum absolute atomic E-state index is 12.9. The molecule has 0 radical (unpaired) electrons. The Kier molecular flexibility index (Phi) is 5.53. The molecule has 4 aromatic rings. The Balaban J connectivity index is 1.50. The number of carbonyl (C=O) groups is 1. The number of thioether (sulfide) groups is 1. The molecule has 0 saturated heterocycles. The fraction of sp³-hybridized carbons (Fsp3) is 0.143. The fourth-order valence-corrected chi connectivity index (χ4v) is 3.82. The molecular weight excluding hydrogens is 400 g/mol. The fourth-order valence-electron chi connectivity index (χ4n) is 3.09. The summed E-state index contributed by atoms with van der Waals surface area (Å²) in [5.41, 5.74) is 2.28. The number of benzene rings is 2. The lowest BCUT2D eigenvalue weighted by atomic mass is 10.3. The van der Waals surface area contributed by atoms with Crippen LogP contribution in [-0.2, 0) is 11.8 Å². The van der Waals surface area contributed by atoms with E-state index in [-0.39, 0.29) is 22.9 Å². The highest BCUT2D eigenvalue weighted by atomic mass is 32.2. The molecule has 0 bridgehead atoms. The van der Waals surface area contributed by atoms with Gasteiger partial charge in [0, 0.05) is 7.05 Å². The lowest BCUT2D eigenvalue weighted by molar-refractivity contribution is -0.113. The zero-order chi connectivity index (χ0) is 21.1. The van der Waals surface area contributed by atoms with Crippen LogP contribution in [0.2, 0.25) is 0 Å². The van der Waals surface area contributed by atoms with Gasteiger partial charge in [-0.25, -0.2) is 14.3 Å². The van der Waals surface area contributed by atoms with E-state index in [0.29, 0.717) is 10.9 Å². The number of rotatable bonds is 6. The lowest BCUT2D eigenvalue weighted by Crippen LogP contribution is -2.23. The predicted molar refractivity (Wildman–Crippen MR) is 116 cm³/mol. The van der Waals surface area contributed by atoms with Crippen LogP contribution in [0.4, 0.5) is 5.69 Å². The van der Waals surface area contributed by atoms with Gasteiger partial charge in [0.15, 0.2) is 5.16 Å². The average molecular weight is 420 g/mol. The molecule has 0 aliphatic rings. The van der Waals surface area contributed by atoms with Crippen LogP contribution in [-0.4, -0.2) is 35.8 Å². The van der Waals surface area contributed by atoms with Crippen LogP contribution in [0, 0.1) is 6.92 Å². The molecule has 9 heteroatoms. The van der Waals surface area contributed by atoms with E-state index in [1.54, 1.807) is 23.3 Å². The molecule has 0 unspecified atom stereocenters.